The summed E-state index contributed by atoms with van der Waals surface area (Å²) < 4.78 is 2.20. The standard InChI is InChI=1S/C23H38ClN7/c1-3-12-29(13-4-2)14-9-18-10-15-30(16-11-18)28-21-20-22(27-23(24)26-21)31(17-25-20)19-7-5-6-8-19/h17-19H,3-16H2,1-2H3,(H,26,27,28). The van der Waals surface area contributed by atoms with E-state index in [-0.39, 0.29) is 5.28 Å². The smallest absolute Gasteiger partial charge is 0.226 e. The molecule has 2 aromatic rings. The van der Waals surface area contributed by atoms with Gasteiger partial charge in [0, 0.05) is 19.1 Å². The lowest BCUT2D eigenvalue weighted by Crippen LogP contribution is -2.39. The van der Waals surface area contributed by atoms with Gasteiger partial charge in [0.05, 0.1) is 6.33 Å². The van der Waals surface area contributed by atoms with E-state index < -0.39 is 0 Å². The molecule has 2 aliphatic rings. The topological polar surface area (TPSA) is 62.1 Å². The maximum absolute atomic E-state index is 6.30. The van der Waals surface area contributed by atoms with Crippen LogP contribution in [0.2, 0.25) is 5.28 Å². The monoisotopic (exact) mass is 447 g/mol. The molecule has 0 bridgehead atoms. The van der Waals surface area contributed by atoms with Crippen molar-refractivity contribution in [1.29, 1.82) is 0 Å². The van der Waals surface area contributed by atoms with E-state index in [2.05, 4.69) is 48.7 Å². The lowest BCUT2D eigenvalue weighted by molar-refractivity contribution is 0.184. The summed E-state index contributed by atoms with van der Waals surface area (Å²) in [7, 11) is 0. The molecule has 1 aliphatic heterocycles. The van der Waals surface area contributed by atoms with Crippen LogP contribution >= 0.6 is 11.6 Å². The number of imidazole rings is 1. The van der Waals surface area contributed by atoms with E-state index in [9.17, 15) is 0 Å². The summed E-state index contributed by atoms with van der Waals surface area (Å²) in [6.45, 7) is 10.3. The van der Waals surface area contributed by atoms with Crippen LogP contribution < -0.4 is 5.43 Å². The van der Waals surface area contributed by atoms with Crippen LogP contribution in [0.5, 0.6) is 0 Å². The van der Waals surface area contributed by atoms with Crippen molar-refractivity contribution >= 4 is 28.6 Å². The summed E-state index contributed by atoms with van der Waals surface area (Å²) in [6.07, 6.45) is 13.1. The fraction of sp³-hybridized carbons (Fsp3) is 0.783. The molecule has 0 unspecified atom stereocenters. The number of hydrogen-bond acceptors (Lipinski definition) is 6. The highest BCUT2D eigenvalue weighted by Gasteiger charge is 2.24. The lowest BCUT2D eigenvalue weighted by atomic mass is 9.94. The van der Waals surface area contributed by atoms with Crippen LogP contribution in [-0.4, -0.2) is 62.2 Å². The molecule has 2 aromatic heterocycles. The number of aromatic nitrogens is 4. The van der Waals surface area contributed by atoms with Gasteiger partial charge < -0.3 is 14.9 Å². The molecule has 8 heteroatoms. The quantitative estimate of drug-likeness (QED) is 0.508. The van der Waals surface area contributed by atoms with E-state index in [4.69, 9.17) is 11.6 Å². The fourth-order valence-corrected chi connectivity index (χ4v) is 5.40. The molecule has 0 radical (unpaired) electrons. The molecule has 1 N–H and O–H groups in total. The molecule has 31 heavy (non-hydrogen) atoms. The Bertz CT molecular complexity index is 819. The molecule has 0 amide bonds. The number of fused-ring (bicyclic) bond motifs is 1. The minimum absolute atomic E-state index is 0.288. The highest BCUT2D eigenvalue weighted by Crippen LogP contribution is 2.33. The van der Waals surface area contributed by atoms with E-state index in [1.165, 1.54) is 77.4 Å². The minimum Gasteiger partial charge on any atom is -0.312 e. The van der Waals surface area contributed by atoms with E-state index >= 15 is 0 Å². The molecule has 3 heterocycles. The number of nitrogens with one attached hydrogen (secondary N) is 1. The third-order valence-electron chi connectivity index (χ3n) is 6.92. The number of piperidine rings is 1. The molecule has 4 rings (SSSR count). The molecule has 172 valence electrons. The predicted molar refractivity (Wildman–Crippen MR) is 127 cm³/mol. The number of hydrazine groups is 1. The van der Waals surface area contributed by atoms with Crippen molar-refractivity contribution in [1.82, 2.24) is 29.4 Å². The fourth-order valence-electron chi connectivity index (χ4n) is 5.23. The van der Waals surface area contributed by atoms with Gasteiger partial charge in [-0.3, -0.25) is 0 Å². The van der Waals surface area contributed by atoms with E-state index in [0.717, 1.165) is 36.0 Å². The van der Waals surface area contributed by atoms with Crippen molar-refractivity contribution in [2.24, 2.45) is 5.92 Å². The average molecular weight is 448 g/mol. The molecule has 0 aromatic carbocycles. The Hall–Kier alpha value is -1.44. The Labute approximate surface area is 191 Å². The van der Waals surface area contributed by atoms with Gasteiger partial charge in [-0.25, -0.2) is 9.99 Å². The number of nitrogens with zero attached hydrogens (tertiary/aromatic N) is 6. The summed E-state index contributed by atoms with van der Waals surface area (Å²) in [4.78, 5) is 16.3. The molecule has 1 aliphatic carbocycles. The summed E-state index contributed by atoms with van der Waals surface area (Å²) in [6, 6.07) is 0.486. The predicted octanol–water partition coefficient (Wildman–Crippen LogP) is 5.15. The van der Waals surface area contributed by atoms with E-state index in [1.54, 1.807) is 0 Å². The van der Waals surface area contributed by atoms with Gasteiger partial charge in [-0.1, -0.05) is 26.7 Å². The van der Waals surface area contributed by atoms with Crippen molar-refractivity contribution in [3.8, 4) is 0 Å². The average Bonchev–Trinajstić information content (AvgIpc) is 3.43. The van der Waals surface area contributed by atoms with Crippen LogP contribution in [0, 0.1) is 5.92 Å². The molecule has 1 saturated heterocycles. The Balaban J connectivity index is 1.34. The van der Waals surface area contributed by atoms with Crippen LogP contribution in [0.4, 0.5) is 5.82 Å². The van der Waals surface area contributed by atoms with Crippen molar-refractivity contribution in [2.45, 2.75) is 77.7 Å². The molecular formula is C23H38ClN7. The third kappa shape index (κ3) is 5.68. The third-order valence-corrected chi connectivity index (χ3v) is 7.09. The molecule has 0 spiro atoms. The highest BCUT2D eigenvalue weighted by atomic mass is 35.5. The first-order chi connectivity index (χ1) is 15.2. The zero-order valence-corrected chi connectivity index (χ0v) is 19.9. The minimum atomic E-state index is 0.288. The maximum Gasteiger partial charge on any atom is 0.226 e. The zero-order chi connectivity index (χ0) is 21.6. The second-order valence-electron chi connectivity index (χ2n) is 9.28. The van der Waals surface area contributed by atoms with Crippen LogP contribution in [0.15, 0.2) is 6.33 Å². The Morgan fingerprint density at radius 2 is 1.74 bits per heavy atom. The van der Waals surface area contributed by atoms with Gasteiger partial charge in [-0.05, 0) is 82.1 Å². The van der Waals surface area contributed by atoms with Gasteiger partial charge in [0.2, 0.25) is 5.28 Å². The largest absolute Gasteiger partial charge is 0.312 e. The van der Waals surface area contributed by atoms with Crippen molar-refractivity contribution in [3.63, 3.8) is 0 Å². The second kappa shape index (κ2) is 10.9. The van der Waals surface area contributed by atoms with Crippen molar-refractivity contribution < 1.29 is 0 Å². The summed E-state index contributed by atoms with van der Waals surface area (Å²) in [5, 5.41) is 2.57. The second-order valence-corrected chi connectivity index (χ2v) is 9.61. The lowest BCUT2D eigenvalue weighted by Gasteiger charge is -2.33. The Kier molecular flexibility index (Phi) is 8.02. The number of halogens is 1. The van der Waals surface area contributed by atoms with Crippen LogP contribution in [0.25, 0.3) is 11.2 Å². The first-order valence-electron chi connectivity index (χ1n) is 12.3. The molecular weight excluding hydrogens is 410 g/mol. The molecule has 2 fully saturated rings. The normalized spacial score (nSPS) is 19.1. The molecule has 7 nitrogen and oxygen atoms in total. The number of anilines is 1. The van der Waals surface area contributed by atoms with Crippen LogP contribution in [-0.2, 0) is 0 Å². The first kappa shape index (κ1) is 22.7. The molecule has 0 atom stereocenters. The number of rotatable bonds is 10. The van der Waals surface area contributed by atoms with Gasteiger partial charge in [0.25, 0.3) is 0 Å². The SMILES string of the molecule is CCCN(CCC)CCC1CCN(Nc2nc(Cl)nc3c2ncn3C2CCCC2)CC1. The highest BCUT2D eigenvalue weighted by molar-refractivity contribution is 6.28. The number of hydrogen-bond donors (Lipinski definition) is 1. The van der Waals surface area contributed by atoms with E-state index in [0.29, 0.717) is 6.04 Å². The summed E-state index contributed by atoms with van der Waals surface area (Å²) >= 11 is 6.30. The van der Waals surface area contributed by atoms with E-state index in [1.807, 2.05) is 6.33 Å². The van der Waals surface area contributed by atoms with Gasteiger partial charge in [0.1, 0.15) is 0 Å². The van der Waals surface area contributed by atoms with Crippen LogP contribution in [0.1, 0.15) is 77.7 Å². The zero-order valence-electron chi connectivity index (χ0n) is 19.2. The summed E-state index contributed by atoms with van der Waals surface area (Å²) in [5.74, 6) is 1.55. The Morgan fingerprint density at radius 3 is 2.42 bits per heavy atom. The maximum atomic E-state index is 6.30. The van der Waals surface area contributed by atoms with Gasteiger partial charge in [0.15, 0.2) is 17.0 Å². The van der Waals surface area contributed by atoms with Crippen LogP contribution in [0.3, 0.4) is 0 Å². The van der Waals surface area contributed by atoms with Crippen molar-refractivity contribution in [2.75, 3.05) is 38.1 Å². The van der Waals surface area contributed by atoms with Crippen molar-refractivity contribution in [3.05, 3.63) is 11.6 Å². The van der Waals surface area contributed by atoms with Gasteiger partial charge >= 0.3 is 0 Å². The van der Waals surface area contributed by atoms with Gasteiger partial charge in [-0.2, -0.15) is 9.97 Å². The van der Waals surface area contributed by atoms with Gasteiger partial charge in [-0.15, -0.1) is 0 Å². The Morgan fingerprint density at radius 1 is 1.03 bits per heavy atom. The molecule has 1 saturated carbocycles. The first-order valence-corrected chi connectivity index (χ1v) is 12.7. The summed E-state index contributed by atoms with van der Waals surface area (Å²) in [5.41, 5.74) is 5.19.